The minimum atomic E-state index is 0.867. The Kier molecular flexibility index (Phi) is 5.17. The number of benzene rings is 4. The molecule has 1 unspecified atom stereocenters. The van der Waals surface area contributed by atoms with E-state index in [0.29, 0.717) is 0 Å². The molecule has 2 heteroatoms. The predicted molar refractivity (Wildman–Crippen MR) is 111 cm³/mol. The smallest absolute Gasteiger partial charge is 0.127 e. The first kappa shape index (κ1) is 17.3. The maximum absolute atomic E-state index is 5.97. The molecular weight excluding hydrogens is 330 g/mol. The van der Waals surface area contributed by atoms with Crippen molar-refractivity contribution in [1.82, 2.24) is 0 Å². The first-order valence-corrected chi connectivity index (χ1v) is 9.38. The molecule has 0 saturated carbocycles. The summed E-state index contributed by atoms with van der Waals surface area (Å²) in [6.45, 7) is 1.94. The van der Waals surface area contributed by atoms with Crippen LogP contribution in [0.4, 0.5) is 0 Å². The molecule has 1 atom stereocenters. The van der Waals surface area contributed by atoms with Crippen molar-refractivity contribution in [3.8, 4) is 11.5 Å². The molecule has 2 nitrogen and oxygen atoms in total. The van der Waals surface area contributed by atoms with Crippen molar-refractivity contribution in [3.63, 3.8) is 0 Å². The van der Waals surface area contributed by atoms with Crippen LogP contribution in [0.2, 0.25) is 0 Å². The van der Waals surface area contributed by atoms with E-state index in [9.17, 15) is 0 Å². The van der Waals surface area contributed by atoms with Crippen LogP contribution in [0.1, 0.15) is 11.1 Å². The van der Waals surface area contributed by atoms with E-state index in [1.807, 2.05) is 36.4 Å². The number of nitrogens with one attached hydrogen (secondary N) is 1. The number of quaternary nitrogens is 1. The summed E-state index contributed by atoms with van der Waals surface area (Å²) in [5.74, 6) is 1.75. The van der Waals surface area contributed by atoms with Crippen LogP contribution in [0.5, 0.6) is 11.5 Å². The third kappa shape index (κ3) is 4.36. The molecule has 4 rings (SSSR count). The topological polar surface area (TPSA) is 13.7 Å². The highest BCUT2D eigenvalue weighted by atomic mass is 16.5. The fourth-order valence-electron chi connectivity index (χ4n) is 3.53. The summed E-state index contributed by atoms with van der Waals surface area (Å²) in [7, 11) is 2.24. The molecule has 0 bridgehead atoms. The number of rotatable bonds is 6. The van der Waals surface area contributed by atoms with Crippen LogP contribution in [0.15, 0.2) is 97.1 Å². The van der Waals surface area contributed by atoms with Crippen LogP contribution >= 0.6 is 0 Å². The van der Waals surface area contributed by atoms with Crippen LogP contribution in [-0.4, -0.2) is 7.05 Å². The van der Waals surface area contributed by atoms with Crippen molar-refractivity contribution < 1.29 is 9.64 Å². The van der Waals surface area contributed by atoms with Gasteiger partial charge in [-0.3, -0.25) is 0 Å². The summed E-state index contributed by atoms with van der Waals surface area (Å²) in [6.07, 6.45) is 0. The van der Waals surface area contributed by atoms with Crippen molar-refractivity contribution in [2.75, 3.05) is 7.05 Å². The molecule has 27 heavy (non-hydrogen) atoms. The maximum atomic E-state index is 5.97. The second-order valence-electron chi connectivity index (χ2n) is 7.01. The minimum Gasteiger partial charge on any atom is -0.457 e. The Labute approximate surface area is 160 Å². The molecule has 0 heterocycles. The Bertz CT molecular complexity index is 1020. The molecule has 0 radical (unpaired) electrons. The monoisotopic (exact) mass is 354 g/mol. The summed E-state index contributed by atoms with van der Waals surface area (Å²) in [4.78, 5) is 1.45. The van der Waals surface area contributed by atoms with Gasteiger partial charge in [0.2, 0.25) is 0 Å². The first-order chi connectivity index (χ1) is 13.3. The van der Waals surface area contributed by atoms with E-state index in [1.165, 1.54) is 26.8 Å². The number of ether oxygens (including phenoxy) is 1. The van der Waals surface area contributed by atoms with Gasteiger partial charge in [0.05, 0.1) is 7.05 Å². The molecule has 0 amide bonds. The fourth-order valence-corrected chi connectivity index (χ4v) is 3.53. The van der Waals surface area contributed by atoms with E-state index in [-0.39, 0.29) is 0 Å². The summed E-state index contributed by atoms with van der Waals surface area (Å²) >= 11 is 0. The summed E-state index contributed by atoms with van der Waals surface area (Å²) in [5.41, 5.74) is 2.67. The average Bonchev–Trinajstić information content (AvgIpc) is 2.69. The molecule has 1 N–H and O–H groups in total. The lowest BCUT2D eigenvalue weighted by molar-refractivity contribution is -0.907. The summed E-state index contributed by atoms with van der Waals surface area (Å²) < 4.78 is 5.97. The largest absolute Gasteiger partial charge is 0.457 e. The Morgan fingerprint density at radius 1 is 0.667 bits per heavy atom. The van der Waals surface area contributed by atoms with E-state index in [2.05, 4.69) is 67.7 Å². The average molecular weight is 354 g/mol. The molecule has 134 valence electrons. The lowest BCUT2D eigenvalue weighted by Gasteiger charge is -2.16. The van der Waals surface area contributed by atoms with E-state index in [1.54, 1.807) is 0 Å². The Hall–Kier alpha value is -3.10. The van der Waals surface area contributed by atoms with Gasteiger partial charge >= 0.3 is 0 Å². The molecule has 4 aromatic carbocycles. The van der Waals surface area contributed by atoms with Crippen LogP contribution < -0.4 is 9.64 Å². The van der Waals surface area contributed by atoms with Gasteiger partial charge in [-0.25, -0.2) is 0 Å². The predicted octanol–water partition coefficient (Wildman–Crippen LogP) is 4.85. The van der Waals surface area contributed by atoms with Gasteiger partial charge in [0.15, 0.2) is 0 Å². The van der Waals surface area contributed by atoms with Gasteiger partial charge < -0.3 is 9.64 Å². The molecule has 0 fully saturated rings. The second-order valence-corrected chi connectivity index (χ2v) is 7.01. The molecule has 0 saturated heterocycles. The number of para-hydroxylation sites is 1. The van der Waals surface area contributed by atoms with Crippen molar-refractivity contribution >= 4 is 10.8 Å². The Balaban J connectivity index is 1.46. The highest BCUT2D eigenvalue weighted by Crippen LogP contribution is 2.22. The van der Waals surface area contributed by atoms with Crippen molar-refractivity contribution in [3.05, 3.63) is 108 Å². The summed E-state index contributed by atoms with van der Waals surface area (Å²) in [6, 6.07) is 33.5. The Morgan fingerprint density at radius 3 is 2.26 bits per heavy atom. The highest BCUT2D eigenvalue weighted by molar-refractivity contribution is 5.85. The van der Waals surface area contributed by atoms with Crippen LogP contribution in [0.3, 0.4) is 0 Å². The number of fused-ring (bicyclic) bond motifs is 1. The van der Waals surface area contributed by atoms with E-state index < -0.39 is 0 Å². The van der Waals surface area contributed by atoms with Gasteiger partial charge in [-0.15, -0.1) is 0 Å². The third-order valence-corrected chi connectivity index (χ3v) is 4.76. The van der Waals surface area contributed by atoms with Gasteiger partial charge in [0.25, 0.3) is 0 Å². The first-order valence-electron chi connectivity index (χ1n) is 9.38. The maximum Gasteiger partial charge on any atom is 0.127 e. The highest BCUT2D eigenvalue weighted by Gasteiger charge is 2.09. The number of hydrogen-bond acceptors (Lipinski definition) is 1. The zero-order chi connectivity index (χ0) is 18.5. The molecule has 0 aliphatic heterocycles. The van der Waals surface area contributed by atoms with Crippen molar-refractivity contribution in [2.24, 2.45) is 0 Å². The molecule has 0 aliphatic carbocycles. The third-order valence-electron chi connectivity index (χ3n) is 4.76. The quantitative estimate of drug-likeness (QED) is 0.523. The van der Waals surface area contributed by atoms with Crippen LogP contribution in [0.25, 0.3) is 10.8 Å². The van der Waals surface area contributed by atoms with E-state index in [4.69, 9.17) is 4.74 Å². The zero-order valence-electron chi connectivity index (χ0n) is 15.6. The Morgan fingerprint density at radius 2 is 1.37 bits per heavy atom. The van der Waals surface area contributed by atoms with Gasteiger partial charge in [-0.1, -0.05) is 72.8 Å². The molecule has 0 aliphatic rings. The van der Waals surface area contributed by atoms with Gasteiger partial charge in [0.1, 0.15) is 24.6 Å². The second kappa shape index (κ2) is 8.07. The molecule has 4 aromatic rings. The van der Waals surface area contributed by atoms with E-state index in [0.717, 1.165) is 24.6 Å². The van der Waals surface area contributed by atoms with Gasteiger partial charge in [-0.05, 0) is 35.0 Å². The van der Waals surface area contributed by atoms with Gasteiger partial charge in [0, 0.05) is 11.1 Å². The van der Waals surface area contributed by atoms with E-state index >= 15 is 0 Å². The van der Waals surface area contributed by atoms with Crippen LogP contribution in [-0.2, 0) is 13.1 Å². The number of hydrogen-bond donors (Lipinski definition) is 1. The van der Waals surface area contributed by atoms with Crippen LogP contribution in [0, 0.1) is 0 Å². The lowest BCUT2D eigenvalue weighted by Crippen LogP contribution is -3.06. The van der Waals surface area contributed by atoms with Crippen molar-refractivity contribution in [1.29, 1.82) is 0 Å². The molecular formula is C25H24NO+. The lowest BCUT2D eigenvalue weighted by atomic mass is 10.0. The van der Waals surface area contributed by atoms with Gasteiger partial charge in [-0.2, -0.15) is 0 Å². The molecule has 0 aromatic heterocycles. The molecule has 0 spiro atoms. The standard InChI is InChI=1S/C25H23NO/c1-26(19-22-12-8-11-21-10-5-6-16-25(21)22)18-20-9-7-15-24(17-20)27-23-13-3-2-4-14-23/h2-17H,18-19H2,1H3/p+1. The zero-order valence-corrected chi connectivity index (χ0v) is 15.6. The fraction of sp³-hybridized carbons (Fsp3) is 0.120. The minimum absolute atomic E-state index is 0.867. The summed E-state index contributed by atoms with van der Waals surface area (Å²) in [5, 5.41) is 2.65. The van der Waals surface area contributed by atoms with Crippen molar-refractivity contribution in [2.45, 2.75) is 13.1 Å². The SMILES string of the molecule is C[NH+](Cc1cccc(Oc2ccccc2)c1)Cc1cccc2ccccc12. The normalized spacial score (nSPS) is 12.0.